The second kappa shape index (κ2) is 4.28. The molecule has 2 atom stereocenters. The quantitative estimate of drug-likeness (QED) is 0.652. The van der Waals surface area contributed by atoms with Crippen molar-refractivity contribution >= 4 is 5.91 Å². The van der Waals surface area contributed by atoms with Gasteiger partial charge < -0.3 is 5.73 Å². The Morgan fingerprint density at radius 3 is 2.50 bits per heavy atom. The molecule has 3 N–H and O–H groups in total. The number of hydrogen-bond acceptors (Lipinski definition) is 3. The van der Waals surface area contributed by atoms with E-state index in [2.05, 4.69) is 5.48 Å². The largest absolute Gasteiger partial charge is 0.327 e. The van der Waals surface area contributed by atoms with E-state index >= 15 is 0 Å². The number of amides is 1. The monoisotopic (exact) mass is 200 g/mol. The maximum atomic E-state index is 11.6. The fourth-order valence-electron chi connectivity index (χ4n) is 1.59. The van der Waals surface area contributed by atoms with Crippen molar-refractivity contribution in [3.63, 3.8) is 0 Å². The van der Waals surface area contributed by atoms with E-state index in [-0.39, 0.29) is 23.5 Å². The molecule has 4 heteroatoms. The maximum Gasteiger partial charge on any atom is 0.248 e. The molecule has 0 spiro atoms. The predicted octanol–water partition coefficient (Wildman–Crippen LogP) is 0.960. The van der Waals surface area contributed by atoms with Crippen molar-refractivity contribution < 1.29 is 9.63 Å². The van der Waals surface area contributed by atoms with Crippen LogP contribution in [0.2, 0.25) is 0 Å². The Labute approximate surface area is 85.1 Å². The molecule has 0 aromatic carbocycles. The lowest BCUT2D eigenvalue weighted by Crippen LogP contribution is -2.41. The van der Waals surface area contributed by atoms with Crippen LogP contribution in [-0.2, 0) is 9.63 Å². The molecule has 1 saturated carbocycles. The molecular formula is C10H20N2O2. The molecule has 0 aliphatic heterocycles. The lowest BCUT2D eigenvalue weighted by atomic mass is 10.0. The first-order chi connectivity index (χ1) is 6.40. The van der Waals surface area contributed by atoms with E-state index in [1.807, 2.05) is 20.8 Å². The molecule has 1 fully saturated rings. The van der Waals surface area contributed by atoms with Gasteiger partial charge in [-0.25, -0.2) is 5.48 Å². The van der Waals surface area contributed by atoms with Crippen molar-refractivity contribution in [2.75, 3.05) is 0 Å². The third-order valence-electron chi connectivity index (χ3n) is 2.36. The first-order valence-corrected chi connectivity index (χ1v) is 5.13. The van der Waals surface area contributed by atoms with Gasteiger partial charge in [-0.2, -0.15) is 0 Å². The summed E-state index contributed by atoms with van der Waals surface area (Å²) in [5.41, 5.74) is 7.93. The highest BCUT2D eigenvalue weighted by molar-refractivity contribution is 5.78. The molecule has 0 bridgehead atoms. The van der Waals surface area contributed by atoms with E-state index in [1.165, 1.54) is 0 Å². The Hall–Kier alpha value is -0.610. The van der Waals surface area contributed by atoms with E-state index < -0.39 is 0 Å². The number of hydrogen-bond donors (Lipinski definition) is 2. The zero-order valence-electron chi connectivity index (χ0n) is 9.17. The van der Waals surface area contributed by atoms with Crippen molar-refractivity contribution in [2.45, 2.75) is 51.7 Å². The summed E-state index contributed by atoms with van der Waals surface area (Å²) in [6.45, 7) is 5.67. The molecule has 1 aliphatic rings. The van der Waals surface area contributed by atoms with Crippen molar-refractivity contribution in [3.05, 3.63) is 0 Å². The van der Waals surface area contributed by atoms with E-state index in [1.54, 1.807) is 0 Å². The minimum Gasteiger partial charge on any atom is -0.327 e. The third-order valence-corrected chi connectivity index (χ3v) is 2.36. The Bertz CT molecular complexity index is 211. The van der Waals surface area contributed by atoms with E-state index in [0.717, 1.165) is 19.3 Å². The van der Waals surface area contributed by atoms with Crippen LogP contribution >= 0.6 is 0 Å². The van der Waals surface area contributed by atoms with Crippen molar-refractivity contribution in [3.8, 4) is 0 Å². The Morgan fingerprint density at radius 2 is 2.07 bits per heavy atom. The van der Waals surface area contributed by atoms with E-state index in [0.29, 0.717) is 0 Å². The number of nitrogens with two attached hydrogens (primary N) is 1. The molecule has 0 saturated heterocycles. The molecule has 0 radical (unpaired) electrons. The van der Waals surface area contributed by atoms with Gasteiger partial charge in [0.15, 0.2) is 0 Å². The van der Waals surface area contributed by atoms with Crippen LogP contribution in [0.5, 0.6) is 0 Å². The summed E-state index contributed by atoms with van der Waals surface area (Å²) < 4.78 is 0. The zero-order valence-corrected chi connectivity index (χ0v) is 9.17. The SMILES string of the molecule is CC(C)(C)ONC(=O)C1CCCC1N. The highest BCUT2D eigenvalue weighted by Crippen LogP contribution is 2.24. The summed E-state index contributed by atoms with van der Waals surface area (Å²) in [5, 5.41) is 0. The summed E-state index contributed by atoms with van der Waals surface area (Å²) in [7, 11) is 0. The van der Waals surface area contributed by atoms with Gasteiger partial charge in [0.05, 0.1) is 11.5 Å². The van der Waals surface area contributed by atoms with Crippen LogP contribution in [0.3, 0.4) is 0 Å². The van der Waals surface area contributed by atoms with Gasteiger partial charge in [0.25, 0.3) is 0 Å². The lowest BCUT2D eigenvalue weighted by molar-refractivity contribution is -0.149. The second-order valence-electron chi connectivity index (χ2n) is 4.88. The average Bonchev–Trinajstić information content (AvgIpc) is 2.46. The summed E-state index contributed by atoms with van der Waals surface area (Å²) >= 11 is 0. The van der Waals surface area contributed by atoms with Crippen LogP contribution in [0.25, 0.3) is 0 Å². The second-order valence-corrected chi connectivity index (χ2v) is 4.88. The maximum absolute atomic E-state index is 11.6. The number of hydroxylamine groups is 1. The summed E-state index contributed by atoms with van der Waals surface area (Å²) in [5.74, 6) is -0.151. The first kappa shape index (κ1) is 11.5. The highest BCUT2D eigenvalue weighted by Gasteiger charge is 2.30. The van der Waals surface area contributed by atoms with Crippen LogP contribution in [-0.4, -0.2) is 17.6 Å². The van der Waals surface area contributed by atoms with E-state index in [9.17, 15) is 4.79 Å². The number of nitrogens with one attached hydrogen (secondary N) is 1. The van der Waals surface area contributed by atoms with Crippen LogP contribution < -0.4 is 11.2 Å². The Kier molecular flexibility index (Phi) is 3.50. The van der Waals surface area contributed by atoms with Crippen molar-refractivity contribution in [1.29, 1.82) is 0 Å². The molecule has 1 aliphatic carbocycles. The molecule has 4 nitrogen and oxygen atoms in total. The third kappa shape index (κ3) is 3.27. The minimum atomic E-state index is -0.349. The van der Waals surface area contributed by atoms with Crippen LogP contribution in [0.4, 0.5) is 0 Å². The first-order valence-electron chi connectivity index (χ1n) is 5.13. The molecule has 82 valence electrons. The number of rotatable bonds is 2. The summed E-state index contributed by atoms with van der Waals surface area (Å²) in [6, 6.07) is -0.00133. The standard InChI is InChI=1S/C10H20N2O2/c1-10(2,3)14-12-9(13)7-5-4-6-8(7)11/h7-8H,4-6,11H2,1-3H3,(H,12,13). The molecule has 2 unspecified atom stereocenters. The molecule has 0 aromatic heterocycles. The number of carbonyl (C=O) groups is 1. The van der Waals surface area contributed by atoms with Crippen LogP contribution in [0, 0.1) is 5.92 Å². The molecular weight excluding hydrogens is 180 g/mol. The molecule has 0 aromatic rings. The fraction of sp³-hybridized carbons (Fsp3) is 0.900. The van der Waals surface area contributed by atoms with Gasteiger partial charge in [0.2, 0.25) is 5.91 Å². The van der Waals surface area contributed by atoms with Crippen LogP contribution in [0.15, 0.2) is 0 Å². The van der Waals surface area contributed by atoms with Gasteiger partial charge in [0, 0.05) is 6.04 Å². The summed E-state index contributed by atoms with van der Waals surface area (Å²) in [4.78, 5) is 16.8. The van der Waals surface area contributed by atoms with Crippen LogP contribution in [0.1, 0.15) is 40.0 Å². The summed E-state index contributed by atoms with van der Waals surface area (Å²) in [6.07, 6.45) is 2.85. The lowest BCUT2D eigenvalue weighted by Gasteiger charge is -2.21. The van der Waals surface area contributed by atoms with Crippen molar-refractivity contribution in [2.24, 2.45) is 11.7 Å². The Morgan fingerprint density at radius 1 is 1.43 bits per heavy atom. The predicted molar refractivity (Wildman–Crippen MR) is 54.3 cm³/mol. The fourth-order valence-corrected chi connectivity index (χ4v) is 1.59. The topological polar surface area (TPSA) is 64.3 Å². The van der Waals surface area contributed by atoms with Gasteiger partial charge in [-0.1, -0.05) is 6.42 Å². The highest BCUT2D eigenvalue weighted by atomic mass is 16.7. The molecule has 1 amide bonds. The van der Waals surface area contributed by atoms with Gasteiger partial charge in [-0.05, 0) is 33.6 Å². The zero-order chi connectivity index (χ0) is 10.8. The Balaban J connectivity index is 2.35. The van der Waals surface area contributed by atoms with Gasteiger partial charge in [0.1, 0.15) is 0 Å². The normalized spacial score (nSPS) is 27.7. The molecule has 0 heterocycles. The molecule has 14 heavy (non-hydrogen) atoms. The minimum absolute atomic E-state index is 0.00133. The molecule has 1 rings (SSSR count). The van der Waals surface area contributed by atoms with E-state index in [4.69, 9.17) is 10.6 Å². The average molecular weight is 200 g/mol. The number of carbonyl (C=O) groups excluding carboxylic acids is 1. The van der Waals surface area contributed by atoms with Crippen molar-refractivity contribution in [1.82, 2.24) is 5.48 Å². The smallest absolute Gasteiger partial charge is 0.248 e. The van der Waals surface area contributed by atoms with Gasteiger partial charge in [-0.3, -0.25) is 9.63 Å². The van der Waals surface area contributed by atoms with Gasteiger partial charge in [-0.15, -0.1) is 0 Å². The van der Waals surface area contributed by atoms with Gasteiger partial charge >= 0.3 is 0 Å².